The van der Waals surface area contributed by atoms with Crippen LogP contribution < -0.4 is 10.1 Å². The molecule has 0 spiro atoms. The number of ether oxygens (including phenoxy) is 2. The van der Waals surface area contributed by atoms with E-state index in [1.807, 2.05) is 27.7 Å². The van der Waals surface area contributed by atoms with E-state index < -0.39 is 5.97 Å². The summed E-state index contributed by atoms with van der Waals surface area (Å²) in [5, 5.41) is 6.80. The highest BCUT2D eigenvalue weighted by Gasteiger charge is 2.18. The molecule has 1 aromatic carbocycles. The number of hydrogen-bond donors (Lipinski definition) is 1. The number of anilines is 1. The van der Waals surface area contributed by atoms with Crippen molar-refractivity contribution in [2.24, 2.45) is 0 Å². The van der Waals surface area contributed by atoms with Gasteiger partial charge in [0, 0.05) is 25.4 Å². The number of nitrogens with one attached hydrogen (secondary N) is 1. The lowest BCUT2D eigenvalue weighted by Gasteiger charge is -2.15. The molecule has 0 unspecified atom stereocenters. The molecule has 25 heavy (non-hydrogen) atoms. The zero-order chi connectivity index (χ0) is 19.4. The maximum Gasteiger partial charge on any atom is 0.341 e. The Balaban J connectivity index is 0.00000134. The minimum atomic E-state index is -0.533. The van der Waals surface area contributed by atoms with Crippen molar-refractivity contribution in [2.75, 3.05) is 19.5 Å². The molecular weight excluding hydrogens is 322 g/mol. The third kappa shape index (κ3) is 5.95. The lowest BCUT2D eigenvalue weighted by Crippen LogP contribution is -2.12. The molecule has 1 amide bonds. The summed E-state index contributed by atoms with van der Waals surface area (Å²) in [4.78, 5) is 23.2. The van der Waals surface area contributed by atoms with Gasteiger partial charge in [0.2, 0.25) is 5.91 Å². The standard InChI is InChI=1S/C14H15N3O4.2C2H6/c1-9(18)16-11-8-13(20-2)10(14(19)21-3)7-12(11)17-6-4-5-15-17;2*1-2/h4-8H,1-3H3,(H,16,18);2*1-2H3. The molecule has 0 fully saturated rings. The molecule has 2 rings (SSSR count). The monoisotopic (exact) mass is 349 g/mol. The van der Waals surface area contributed by atoms with Crippen LogP contribution in [0.1, 0.15) is 45.0 Å². The van der Waals surface area contributed by atoms with E-state index in [2.05, 4.69) is 10.4 Å². The molecule has 0 aliphatic rings. The summed E-state index contributed by atoms with van der Waals surface area (Å²) >= 11 is 0. The molecule has 0 atom stereocenters. The van der Waals surface area contributed by atoms with Crippen LogP contribution in [0.15, 0.2) is 30.6 Å². The van der Waals surface area contributed by atoms with Gasteiger partial charge in [0.1, 0.15) is 11.3 Å². The molecular formula is C18H27N3O4. The van der Waals surface area contributed by atoms with Gasteiger partial charge in [-0.1, -0.05) is 27.7 Å². The molecule has 1 aromatic heterocycles. The molecule has 2 aromatic rings. The van der Waals surface area contributed by atoms with E-state index in [0.29, 0.717) is 17.1 Å². The molecule has 0 saturated carbocycles. The predicted octanol–water partition coefficient (Wildman–Crippen LogP) is 3.68. The molecule has 1 N–H and O–H groups in total. The Morgan fingerprint density at radius 3 is 2.20 bits per heavy atom. The smallest absolute Gasteiger partial charge is 0.341 e. The molecule has 138 valence electrons. The van der Waals surface area contributed by atoms with Gasteiger partial charge in [-0.15, -0.1) is 0 Å². The van der Waals surface area contributed by atoms with Gasteiger partial charge in [-0.05, 0) is 12.1 Å². The van der Waals surface area contributed by atoms with E-state index in [4.69, 9.17) is 9.47 Å². The van der Waals surface area contributed by atoms with E-state index in [1.54, 1.807) is 30.6 Å². The second kappa shape index (κ2) is 11.7. The van der Waals surface area contributed by atoms with Crippen molar-refractivity contribution in [3.8, 4) is 11.4 Å². The molecule has 0 aliphatic heterocycles. The first kappa shape index (κ1) is 22.2. The van der Waals surface area contributed by atoms with Crippen LogP contribution >= 0.6 is 0 Å². The number of amides is 1. The van der Waals surface area contributed by atoms with Gasteiger partial charge in [0.15, 0.2) is 0 Å². The fourth-order valence-corrected chi connectivity index (χ4v) is 1.90. The van der Waals surface area contributed by atoms with Crippen molar-refractivity contribution < 1.29 is 19.1 Å². The molecule has 1 heterocycles. The number of aromatic nitrogens is 2. The Bertz CT molecular complexity index is 667. The minimum Gasteiger partial charge on any atom is -0.496 e. The Kier molecular flexibility index (Phi) is 10.3. The van der Waals surface area contributed by atoms with Gasteiger partial charge in [0.25, 0.3) is 0 Å². The number of carbonyl (C=O) groups is 2. The molecule has 7 nitrogen and oxygen atoms in total. The molecule has 0 radical (unpaired) electrons. The van der Waals surface area contributed by atoms with Crippen LogP contribution in [0.3, 0.4) is 0 Å². The third-order valence-electron chi connectivity index (χ3n) is 2.79. The van der Waals surface area contributed by atoms with Crippen LogP contribution in [0.2, 0.25) is 0 Å². The van der Waals surface area contributed by atoms with Gasteiger partial charge in [-0.25, -0.2) is 9.48 Å². The molecule has 0 aliphatic carbocycles. The summed E-state index contributed by atoms with van der Waals surface area (Å²) in [5.74, 6) is -0.465. The van der Waals surface area contributed by atoms with Crippen LogP contribution in [-0.4, -0.2) is 35.9 Å². The number of carbonyl (C=O) groups excluding carboxylic acids is 2. The zero-order valence-electron chi connectivity index (χ0n) is 15.9. The van der Waals surface area contributed by atoms with Crippen molar-refractivity contribution in [1.29, 1.82) is 0 Å². The number of esters is 1. The summed E-state index contributed by atoms with van der Waals surface area (Å²) in [6.07, 6.45) is 3.30. The average Bonchev–Trinajstić information content (AvgIpc) is 3.18. The Morgan fingerprint density at radius 2 is 1.76 bits per heavy atom. The highest BCUT2D eigenvalue weighted by atomic mass is 16.5. The largest absolute Gasteiger partial charge is 0.496 e. The van der Waals surface area contributed by atoms with Crippen molar-refractivity contribution in [3.63, 3.8) is 0 Å². The Morgan fingerprint density at radius 1 is 1.12 bits per heavy atom. The summed E-state index contributed by atoms with van der Waals surface area (Å²) in [7, 11) is 2.73. The summed E-state index contributed by atoms with van der Waals surface area (Å²) in [6, 6.07) is 4.85. The van der Waals surface area contributed by atoms with Gasteiger partial charge >= 0.3 is 5.97 Å². The molecule has 0 saturated heterocycles. The quantitative estimate of drug-likeness (QED) is 0.852. The van der Waals surface area contributed by atoms with E-state index in [1.165, 1.54) is 25.8 Å². The SMILES string of the molecule is CC.CC.COC(=O)c1cc(-n2cccn2)c(NC(C)=O)cc1OC. The first-order valence-corrected chi connectivity index (χ1v) is 8.14. The topological polar surface area (TPSA) is 82.5 Å². The maximum absolute atomic E-state index is 11.8. The van der Waals surface area contributed by atoms with Crippen LogP contribution in [0.5, 0.6) is 5.75 Å². The van der Waals surface area contributed by atoms with E-state index in [9.17, 15) is 9.59 Å². The van der Waals surface area contributed by atoms with Gasteiger partial charge < -0.3 is 14.8 Å². The number of rotatable bonds is 4. The first-order chi connectivity index (χ1) is 12.1. The number of hydrogen-bond acceptors (Lipinski definition) is 5. The summed E-state index contributed by atoms with van der Waals surface area (Å²) in [5.41, 5.74) is 1.27. The summed E-state index contributed by atoms with van der Waals surface area (Å²) < 4.78 is 11.5. The zero-order valence-corrected chi connectivity index (χ0v) is 15.9. The number of benzene rings is 1. The highest BCUT2D eigenvalue weighted by Crippen LogP contribution is 2.30. The molecule has 0 bridgehead atoms. The van der Waals surface area contributed by atoms with Crippen molar-refractivity contribution >= 4 is 17.6 Å². The second-order valence-corrected chi connectivity index (χ2v) is 4.19. The first-order valence-electron chi connectivity index (χ1n) is 8.14. The van der Waals surface area contributed by atoms with Gasteiger partial charge in [0.05, 0.1) is 25.6 Å². The minimum absolute atomic E-state index is 0.240. The van der Waals surface area contributed by atoms with Gasteiger partial charge in [-0.2, -0.15) is 5.10 Å². The predicted molar refractivity (Wildman–Crippen MR) is 98.5 cm³/mol. The Hall–Kier alpha value is -2.83. The van der Waals surface area contributed by atoms with Crippen molar-refractivity contribution in [1.82, 2.24) is 9.78 Å². The van der Waals surface area contributed by atoms with Crippen LogP contribution in [-0.2, 0) is 9.53 Å². The van der Waals surface area contributed by atoms with Crippen LogP contribution in [0.4, 0.5) is 5.69 Å². The lowest BCUT2D eigenvalue weighted by molar-refractivity contribution is -0.114. The van der Waals surface area contributed by atoms with Crippen molar-refractivity contribution in [2.45, 2.75) is 34.6 Å². The van der Waals surface area contributed by atoms with Gasteiger partial charge in [-0.3, -0.25) is 4.79 Å². The van der Waals surface area contributed by atoms with E-state index >= 15 is 0 Å². The average molecular weight is 349 g/mol. The third-order valence-corrected chi connectivity index (χ3v) is 2.79. The van der Waals surface area contributed by atoms with Crippen molar-refractivity contribution in [3.05, 3.63) is 36.2 Å². The molecule has 7 heteroatoms. The van der Waals surface area contributed by atoms with E-state index in [0.717, 1.165) is 0 Å². The van der Waals surface area contributed by atoms with Crippen LogP contribution in [0.25, 0.3) is 5.69 Å². The normalized spacial score (nSPS) is 8.92. The fraction of sp³-hybridized carbons (Fsp3) is 0.389. The number of nitrogens with zero attached hydrogens (tertiary/aromatic N) is 2. The van der Waals surface area contributed by atoms with E-state index in [-0.39, 0.29) is 11.5 Å². The fourth-order valence-electron chi connectivity index (χ4n) is 1.90. The Labute approximate surface area is 148 Å². The van der Waals surface area contributed by atoms with Crippen LogP contribution in [0, 0.1) is 0 Å². The highest BCUT2D eigenvalue weighted by molar-refractivity contribution is 5.97. The summed E-state index contributed by atoms with van der Waals surface area (Å²) in [6.45, 7) is 9.40. The lowest BCUT2D eigenvalue weighted by atomic mass is 10.1. The maximum atomic E-state index is 11.8. The number of methoxy groups -OCH3 is 2. The second-order valence-electron chi connectivity index (χ2n) is 4.19.